The molecule has 0 fully saturated rings. The fraction of sp³-hybridized carbons (Fsp3) is 0.825. The standard InChI is InChI=1S/C40H74N/c1-3-5-7-9-11-13-15-17-19-21-23-25-27-29-31-33-37-41-38-35-40(36-39-41)34-32-30-28-26-24-22-20-18-16-14-12-10-8-6-4-2/h17,19,35-36,38-39H,3-16,18,20-34,37H2,1-2H3/q+1. The lowest BCUT2D eigenvalue weighted by Gasteiger charge is -2.04. The quantitative estimate of drug-likeness (QED) is 0.0462. The average molecular weight is 569 g/mol. The van der Waals surface area contributed by atoms with Crippen LogP contribution in [0, 0.1) is 0 Å². The number of nitrogens with zero attached hydrogens (tertiary/aromatic N) is 1. The Labute approximate surface area is 259 Å². The summed E-state index contributed by atoms with van der Waals surface area (Å²) in [5.74, 6) is 0. The van der Waals surface area contributed by atoms with Crippen molar-refractivity contribution in [1.29, 1.82) is 0 Å². The molecule has 1 aromatic rings. The highest BCUT2D eigenvalue weighted by Crippen LogP contribution is 2.14. The number of hydrogen-bond donors (Lipinski definition) is 0. The maximum absolute atomic E-state index is 2.44. The lowest BCUT2D eigenvalue weighted by molar-refractivity contribution is -0.697. The van der Waals surface area contributed by atoms with Crippen molar-refractivity contribution in [3.8, 4) is 0 Å². The molecule has 0 bridgehead atoms. The molecule has 0 radical (unpaired) electrons. The van der Waals surface area contributed by atoms with Crippen molar-refractivity contribution in [2.75, 3.05) is 0 Å². The van der Waals surface area contributed by atoms with Crippen molar-refractivity contribution in [1.82, 2.24) is 0 Å². The Morgan fingerprint density at radius 3 is 1.17 bits per heavy atom. The van der Waals surface area contributed by atoms with Crippen LogP contribution in [-0.4, -0.2) is 0 Å². The summed E-state index contributed by atoms with van der Waals surface area (Å²) < 4.78 is 2.39. The minimum atomic E-state index is 1.18. The van der Waals surface area contributed by atoms with Gasteiger partial charge in [0.2, 0.25) is 0 Å². The van der Waals surface area contributed by atoms with Crippen LogP contribution in [0.15, 0.2) is 36.7 Å². The van der Waals surface area contributed by atoms with Gasteiger partial charge in [-0.3, -0.25) is 0 Å². The zero-order chi connectivity index (χ0) is 29.3. The van der Waals surface area contributed by atoms with Crippen LogP contribution < -0.4 is 4.57 Å². The van der Waals surface area contributed by atoms with Gasteiger partial charge in [-0.2, -0.15) is 0 Å². The Morgan fingerprint density at radius 2 is 0.756 bits per heavy atom. The van der Waals surface area contributed by atoms with E-state index in [0.29, 0.717) is 0 Å². The number of pyridine rings is 1. The molecule has 0 aromatic carbocycles. The summed E-state index contributed by atoms with van der Waals surface area (Å²) in [6.07, 6.45) is 51.7. The molecule has 41 heavy (non-hydrogen) atoms. The molecule has 0 aliphatic rings. The highest BCUT2D eigenvalue weighted by atomic mass is 14.9. The third kappa shape index (κ3) is 27.5. The molecule has 1 heterocycles. The third-order valence-electron chi connectivity index (χ3n) is 8.96. The van der Waals surface area contributed by atoms with E-state index in [1.807, 2.05) is 0 Å². The minimum absolute atomic E-state index is 1.18. The summed E-state index contributed by atoms with van der Waals surface area (Å²) in [6, 6.07) is 4.73. The van der Waals surface area contributed by atoms with E-state index in [-0.39, 0.29) is 0 Å². The second-order valence-corrected chi connectivity index (χ2v) is 13.1. The first-order valence-electron chi connectivity index (χ1n) is 19.0. The van der Waals surface area contributed by atoms with Crippen LogP contribution >= 0.6 is 0 Å². The van der Waals surface area contributed by atoms with Gasteiger partial charge in [-0.25, -0.2) is 4.57 Å². The monoisotopic (exact) mass is 569 g/mol. The van der Waals surface area contributed by atoms with Gasteiger partial charge in [-0.05, 0) is 50.5 Å². The number of allylic oxidation sites excluding steroid dienone is 2. The van der Waals surface area contributed by atoms with Gasteiger partial charge < -0.3 is 0 Å². The van der Waals surface area contributed by atoms with Gasteiger partial charge in [0.05, 0.1) is 0 Å². The molecule has 0 saturated carbocycles. The molecule has 0 unspecified atom stereocenters. The van der Waals surface area contributed by atoms with Gasteiger partial charge in [0.1, 0.15) is 6.54 Å². The normalized spacial score (nSPS) is 11.7. The summed E-state index contributed by atoms with van der Waals surface area (Å²) in [5, 5.41) is 0. The molecule has 0 atom stereocenters. The summed E-state index contributed by atoms with van der Waals surface area (Å²) in [4.78, 5) is 0. The van der Waals surface area contributed by atoms with Crippen molar-refractivity contribution in [3.63, 3.8) is 0 Å². The Morgan fingerprint density at radius 1 is 0.415 bits per heavy atom. The van der Waals surface area contributed by atoms with Crippen molar-refractivity contribution in [2.24, 2.45) is 0 Å². The van der Waals surface area contributed by atoms with E-state index in [0.717, 1.165) is 0 Å². The number of unbranched alkanes of at least 4 members (excludes halogenated alkanes) is 26. The summed E-state index contributed by atoms with van der Waals surface area (Å²) >= 11 is 0. The molecule has 0 aliphatic heterocycles. The van der Waals surface area contributed by atoms with Gasteiger partial charge >= 0.3 is 0 Å². The van der Waals surface area contributed by atoms with Gasteiger partial charge in [0, 0.05) is 18.6 Å². The molecular weight excluding hydrogens is 494 g/mol. The third-order valence-corrected chi connectivity index (χ3v) is 8.96. The summed E-state index contributed by atoms with van der Waals surface area (Å²) in [5.41, 5.74) is 1.52. The van der Waals surface area contributed by atoms with Crippen LogP contribution in [-0.2, 0) is 13.0 Å². The molecule has 0 aliphatic carbocycles. The Kier molecular flexibility index (Phi) is 29.4. The van der Waals surface area contributed by atoms with Crippen LogP contribution in [0.25, 0.3) is 0 Å². The van der Waals surface area contributed by atoms with Gasteiger partial charge in [0.15, 0.2) is 12.4 Å². The lowest BCUT2D eigenvalue weighted by atomic mass is 10.0. The van der Waals surface area contributed by atoms with Gasteiger partial charge in [0.25, 0.3) is 0 Å². The van der Waals surface area contributed by atoms with Gasteiger partial charge in [-0.15, -0.1) is 0 Å². The largest absolute Gasteiger partial charge is 0.205 e. The molecule has 0 N–H and O–H groups in total. The fourth-order valence-corrected chi connectivity index (χ4v) is 6.05. The molecule has 0 amide bonds. The van der Waals surface area contributed by atoms with Crippen LogP contribution in [0.5, 0.6) is 0 Å². The Hall–Kier alpha value is -1.11. The van der Waals surface area contributed by atoms with E-state index in [4.69, 9.17) is 0 Å². The molecule has 0 spiro atoms. The SMILES string of the molecule is CCCCCCCCC=CCCCCCCCC[n+]1ccc(CCCCCCCCCCCCCCCCC)cc1. The van der Waals surface area contributed by atoms with Crippen LogP contribution in [0.3, 0.4) is 0 Å². The van der Waals surface area contributed by atoms with E-state index in [2.05, 4.69) is 55.1 Å². The van der Waals surface area contributed by atoms with E-state index < -0.39 is 0 Å². The van der Waals surface area contributed by atoms with Crippen molar-refractivity contribution in [3.05, 3.63) is 42.2 Å². The summed E-state index contributed by atoms with van der Waals surface area (Å²) in [6.45, 7) is 5.78. The first-order valence-corrected chi connectivity index (χ1v) is 19.0. The first kappa shape index (κ1) is 37.9. The van der Waals surface area contributed by atoms with E-state index in [1.165, 1.54) is 205 Å². The predicted molar refractivity (Wildman–Crippen MR) is 185 cm³/mol. The molecular formula is C40H74N+. The number of hydrogen-bond acceptors (Lipinski definition) is 0. The zero-order valence-electron chi connectivity index (χ0n) is 28.3. The van der Waals surface area contributed by atoms with E-state index in [9.17, 15) is 0 Å². The number of rotatable bonds is 32. The average Bonchev–Trinajstić information content (AvgIpc) is 2.99. The maximum Gasteiger partial charge on any atom is 0.169 e. The van der Waals surface area contributed by atoms with Crippen LogP contribution in [0.4, 0.5) is 0 Å². The maximum atomic E-state index is 2.44. The topological polar surface area (TPSA) is 3.88 Å². The number of aromatic nitrogens is 1. The second-order valence-electron chi connectivity index (χ2n) is 13.1. The van der Waals surface area contributed by atoms with Crippen molar-refractivity contribution in [2.45, 2.75) is 213 Å². The molecule has 1 aromatic heterocycles. The second kappa shape index (κ2) is 31.8. The first-order chi connectivity index (χ1) is 20.4. The highest BCUT2D eigenvalue weighted by Gasteiger charge is 2.02. The van der Waals surface area contributed by atoms with E-state index in [1.54, 1.807) is 0 Å². The number of aryl methyl sites for hydroxylation is 2. The smallest absolute Gasteiger partial charge is 0.169 e. The fourth-order valence-electron chi connectivity index (χ4n) is 6.05. The molecule has 238 valence electrons. The minimum Gasteiger partial charge on any atom is -0.205 e. The Bertz CT molecular complexity index is 645. The van der Waals surface area contributed by atoms with E-state index >= 15 is 0 Å². The molecule has 1 heteroatoms. The summed E-state index contributed by atoms with van der Waals surface area (Å²) in [7, 11) is 0. The Balaban J connectivity index is 1.84. The van der Waals surface area contributed by atoms with Crippen molar-refractivity contribution < 1.29 is 4.57 Å². The molecule has 1 nitrogen and oxygen atoms in total. The van der Waals surface area contributed by atoms with Crippen LogP contribution in [0.1, 0.15) is 206 Å². The van der Waals surface area contributed by atoms with Crippen LogP contribution in [0.2, 0.25) is 0 Å². The van der Waals surface area contributed by atoms with Crippen molar-refractivity contribution >= 4 is 0 Å². The predicted octanol–water partition coefficient (Wildman–Crippen LogP) is 13.4. The zero-order valence-corrected chi connectivity index (χ0v) is 28.3. The van der Waals surface area contributed by atoms with Gasteiger partial charge in [-0.1, -0.05) is 167 Å². The molecule has 1 rings (SSSR count). The highest BCUT2D eigenvalue weighted by molar-refractivity contribution is 5.07. The molecule has 0 saturated heterocycles. The lowest BCUT2D eigenvalue weighted by Crippen LogP contribution is -2.32.